The highest BCUT2D eigenvalue weighted by Gasteiger charge is 2.22. The summed E-state index contributed by atoms with van der Waals surface area (Å²) in [5.41, 5.74) is 0. The first-order valence-corrected chi connectivity index (χ1v) is 8.03. The predicted molar refractivity (Wildman–Crippen MR) is 81.8 cm³/mol. The Morgan fingerprint density at radius 2 is 1.90 bits per heavy atom. The topological polar surface area (TPSA) is 38.8 Å². The summed E-state index contributed by atoms with van der Waals surface area (Å²) in [7, 11) is 4.30. The summed E-state index contributed by atoms with van der Waals surface area (Å²) in [4.78, 5) is 19.0. The van der Waals surface area contributed by atoms with E-state index < -0.39 is 0 Å². The van der Waals surface area contributed by atoms with E-state index in [9.17, 15) is 4.79 Å². The minimum absolute atomic E-state index is 0.214. The molecule has 116 valence electrons. The number of carbonyl (C=O) groups is 1. The molecule has 0 aromatic carbocycles. The van der Waals surface area contributed by atoms with Gasteiger partial charge in [-0.05, 0) is 53.0 Å². The Morgan fingerprint density at radius 3 is 2.65 bits per heavy atom. The van der Waals surface area contributed by atoms with Crippen LogP contribution in [-0.4, -0.2) is 86.6 Å². The molecule has 2 aliphatic rings. The Morgan fingerprint density at radius 1 is 1.15 bits per heavy atom. The van der Waals surface area contributed by atoms with Crippen LogP contribution < -0.4 is 5.32 Å². The predicted octanol–water partition coefficient (Wildman–Crippen LogP) is 0.224. The number of hydrogen-bond acceptors (Lipinski definition) is 4. The molecule has 0 bridgehead atoms. The van der Waals surface area contributed by atoms with Crippen LogP contribution in [0, 0.1) is 0 Å². The van der Waals surface area contributed by atoms with Crippen molar-refractivity contribution in [2.75, 3.05) is 59.9 Å². The molecule has 5 heteroatoms. The molecule has 0 unspecified atom stereocenters. The Bertz CT molecular complexity index is 304. The fourth-order valence-corrected chi connectivity index (χ4v) is 3.11. The quantitative estimate of drug-likeness (QED) is 0.757. The van der Waals surface area contributed by atoms with Crippen molar-refractivity contribution < 1.29 is 4.79 Å². The minimum atomic E-state index is 0.214. The monoisotopic (exact) mass is 282 g/mol. The highest BCUT2D eigenvalue weighted by Crippen LogP contribution is 2.08. The summed E-state index contributed by atoms with van der Waals surface area (Å²) in [6.45, 7) is 7.57. The van der Waals surface area contributed by atoms with Gasteiger partial charge in [-0.15, -0.1) is 0 Å². The van der Waals surface area contributed by atoms with E-state index >= 15 is 0 Å². The van der Waals surface area contributed by atoms with Crippen LogP contribution in [0.15, 0.2) is 0 Å². The largest absolute Gasteiger partial charge is 0.354 e. The molecule has 1 atom stereocenters. The maximum atomic E-state index is 11.9. The number of carbonyl (C=O) groups excluding carboxylic acids is 1. The maximum absolute atomic E-state index is 11.9. The van der Waals surface area contributed by atoms with Crippen molar-refractivity contribution >= 4 is 5.91 Å². The van der Waals surface area contributed by atoms with Gasteiger partial charge in [0.1, 0.15) is 0 Å². The van der Waals surface area contributed by atoms with E-state index in [1.54, 1.807) is 0 Å². The number of rotatable bonds is 6. The summed E-state index contributed by atoms with van der Waals surface area (Å²) in [6, 6.07) is 0.455. The van der Waals surface area contributed by atoms with Crippen molar-refractivity contribution in [2.24, 2.45) is 0 Å². The Kier molecular flexibility index (Phi) is 6.26. The van der Waals surface area contributed by atoms with Gasteiger partial charge in [-0.1, -0.05) is 0 Å². The van der Waals surface area contributed by atoms with Crippen LogP contribution >= 0.6 is 0 Å². The van der Waals surface area contributed by atoms with E-state index in [1.165, 1.54) is 25.9 Å². The van der Waals surface area contributed by atoms with Gasteiger partial charge in [-0.25, -0.2) is 0 Å². The van der Waals surface area contributed by atoms with Gasteiger partial charge in [-0.3, -0.25) is 9.69 Å². The van der Waals surface area contributed by atoms with Crippen molar-refractivity contribution in [3.63, 3.8) is 0 Å². The van der Waals surface area contributed by atoms with E-state index in [4.69, 9.17) is 0 Å². The summed E-state index contributed by atoms with van der Waals surface area (Å²) in [5, 5.41) is 3.10. The van der Waals surface area contributed by atoms with Crippen LogP contribution in [-0.2, 0) is 4.79 Å². The second kappa shape index (κ2) is 7.96. The smallest absolute Gasteiger partial charge is 0.220 e. The number of nitrogens with one attached hydrogen (secondary N) is 1. The lowest BCUT2D eigenvalue weighted by atomic mass is 10.2. The molecule has 0 aliphatic carbocycles. The summed E-state index contributed by atoms with van der Waals surface area (Å²) in [6.07, 6.45) is 4.32. The van der Waals surface area contributed by atoms with E-state index in [2.05, 4.69) is 34.1 Å². The number of nitrogens with zero attached hydrogens (tertiary/aromatic N) is 3. The Hall–Kier alpha value is -0.650. The fourth-order valence-electron chi connectivity index (χ4n) is 3.11. The van der Waals surface area contributed by atoms with Crippen molar-refractivity contribution in [3.05, 3.63) is 0 Å². The number of hydrogen-bond donors (Lipinski definition) is 1. The van der Waals surface area contributed by atoms with Crippen LogP contribution in [0.3, 0.4) is 0 Å². The zero-order chi connectivity index (χ0) is 14.4. The lowest BCUT2D eigenvalue weighted by Crippen LogP contribution is -2.54. The molecule has 2 rings (SSSR count). The minimum Gasteiger partial charge on any atom is -0.354 e. The number of piperazine rings is 1. The van der Waals surface area contributed by atoms with Crippen LogP contribution in [0.25, 0.3) is 0 Å². The van der Waals surface area contributed by atoms with Gasteiger partial charge >= 0.3 is 0 Å². The normalized spacial score (nSPS) is 26.0. The SMILES string of the molecule is CN1CCN(C)[C@@H](CNC(=O)CCCN2CCCC2)C1. The van der Waals surface area contributed by atoms with Crippen molar-refractivity contribution in [3.8, 4) is 0 Å². The van der Waals surface area contributed by atoms with Gasteiger partial charge in [0.2, 0.25) is 5.91 Å². The number of likely N-dealkylation sites (N-methyl/N-ethyl adjacent to an activating group) is 2. The highest BCUT2D eigenvalue weighted by molar-refractivity contribution is 5.75. The maximum Gasteiger partial charge on any atom is 0.220 e. The van der Waals surface area contributed by atoms with E-state index in [0.29, 0.717) is 12.5 Å². The van der Waals surface area contributed by atoms with Crippen molar-refractivity contribution in [1.29, 1.82) is 0 Å². The van der Waals surface area contributed by atoms with E-state index in [0.717, 1.165) is 39.1 Å². The van der Waals surface area contributed by atoms with Crippen LogP contribution in [0.4, 0.5) is 0 Å². The first-order valence-electron chi connectivity index (χ1n) is 8.03. The molecule has 0 spiro atoms. The molecule has 2 aliphatic heterocycles. The molecule has 2 heterocycles. The Labute approximate surface area is 123 Å². The summed E-state index contributed by atoms with van der Waals surface area (Å²) in [5.74, 6) is 0.214. The lowest BCUT2D eigenvalue weighted by molar-refractivity contribution is -0.121. The summed E-state index contributed by atoms with van der Waals surface area (Å²) < 4.78 is 0. The molecular formula is C15H30N4O. The molecular weight excluding hydrogens is 252 g/mol. The molecule has 2 saturated heterocycles. The van der Waals surface area contributed by atoms with Crippen LogP contribution in [0.2, 0.25) is 0 Å². The number of likely N-dealkylation sites (tertiary alicyclic amines) is 1. The third kappa shape index (κ3) is 5.04. The second-order valence-electron chi connectivity index (χ2n) is 6.35. The molecule has 1 amide bonds. The van der Waals surface area contributed by atoms with Gasteiger partial charge in [0.25, 0.3) is 0 Å². The molecule has 2 fully saturated rings. The molecule has 5 nitrogen and oxygen atoms in total. The van der Waals surface area contributed by atoms with Crippen LogP contribution in [0.1, 0.15) is 25.7 Å². The zero-order valence-corrected chi connectivity index (χ0v) is 13.1. The average Bonchev–Trinajstić information content (AvgIpc) is 2.93. The van der Waals surface area contributed by atoms with Crippen molar-refractivity contribution in [2.45, 2.75) is 31.7 Å². The lowest BCUT2D eigenvalue weighted by Gasteiger charge is -2.37. The van der Waals surface area contributed by atoms with E-state index in [-0.39, 0.29) is 5.91 Å². The molecule has 20 heavy (non-hydrogen) atoms. The highest BCUT2D eigenvalue weighted by atomic mass is 16.1. The van der Waals surface area contributed by atoms with Gasteiger partial charge in [0.15, 0.2) is 0 Å². The van der Waals surface area contributed by atoms with E-state index in [1.807, 2.05) is 0 Å². The average molecular weight is 282 g/mol. The first-order chi connectivity index (χ1) is 9.65. The third-order valence-electron chi connectivity index (χ3n) is 4.59. The molecule has 0 saturated carbocycles. The molecule has 1 N–H and O–H groups in total. The first kappa shape index (κ1) is 15.7. The summed E-state index contributed by atoms with van der Waals surface area (Å²) >= 11 is 0. The van der Waals surface area contributed by atoms with Gasteiger partial charge in [0.05, 0.1) is 0 Å². The molecule has 0 aromatic rings. The molecule has 0 aromatic heterocycles. The molecule has 0 radical (unpaired) electrons. The second-order valence-corrected chi connectivity index (χ2v) is 6.35. The fraction of sp³-hybridized carbons (Fsp3) is 0.933. The zero-order valence-electron chi connectivity index (χ0n) is 13.1. The number of amides is 1. The van der Waals surface area contributed by atoms with Gasteiger partial charge in [-0.2, -0.15) is 0 Å². The third-order valence-corrected chi connectivity index (χ3v) is 4.59. The Balaban J connectivity index is 1.57. The van der Waals surface area contributed by atoms with Crippen LogP contribution in [0.5, 0.6) is 0 Å². The van der Waals surface area contributed by atoms with Gasteiger partial charge in [0, 0.05) is 38.6 Å². The van der Waals surface area contributed by atoms with Crippen molar-refractivity contribution in [1.82, 2.24) is 20.0 Å². The standard InChI is InChI=1S/C15H30N4O/c1-17-10-11-18(2)14(13-17)12-16-15(20)6-5-9-19-7-3-4-8-19/h14H,3-13H2,1-2H3,(H,16,20)/t14-/m0/s1. The van der Waals surface area contributed by atoms with Gasteiger partial charge < -0.3 is 15.1 Å².